The van der Waals surface area contributed by atoms with Crippen LogP contribution in [0.4, 0.5) is 10.1 Å². The van der Waals surface area contributed by atoms with Crippen LogP contribution in [0.3, 0.4) is 0 Å². The molecule has 0 bridgehead atoms. The number of benzene rings is 1. The minimum absolute atomic E-state index is 0.00769. The second kappa shape index (κ2) is 8.12. The van der Waals surface area contributed by atoms with E-state index in [0.29, 0.717) is 15.8 Å². The van der Waals surface area contributed by atoms with Gasteiger partial charge in [-0.2, -0.15) is 0 Å². The van der Waals surface area contributed by atoms with E-state index in [2.05, 4.69) is 24.6 Å². The highest BCUT2D eigenvalue weighted by Gasteiger charge is 2.25. The Hall–Kier alpha value is -2.45. The van der Waals surface area contributed by atoms with Crippen molar-refractivity contribution in [2.24, 2.45) is 0 Å². The molecule has 0 amide bonds. The summed E-state index contributed by atoms with van der Waals surface area (Å²) in [4.78, 5) is 4.08. The molecule has 3 aromatic rings. The first-order valence-corrected chi connectivity index (χ1v) is 10.6. The number of hydrogen-bond donors (Lipinski definition) is 3. The molecular formula is C15H14ClFN6O4S2. The van der Waals surface area contributed by atoms with Crippen molar-refractivity contribution in [3.63, 3.8) is 0 Å². The van der Waals surface area contributed by atoms with E-state index >= 15 is 0 Å². The van der Waals surface area contributed by atoms with Crippen LogP contribution in [-0.4, -0.2) is 34.8 Å². The number of nitrogens with zero attached hydrogens (tertiary/aromatic N) is 4. The molecule has 1 aromatic carbocycles. The van der Waals surface area contributed by atoms with Gasteiger partial charge >= 0.3 is 0 Å². The van der Waals surface area contributed by atoms with E-state index in [9.17, 15) is 18.0 Å². The fraction of sp³-hybridized carbons (Fsp3) is 0.200. The number of thiazole rings is 1. The molecule has 2 aromatic heterocycles. The Morgan fingerprint density at radius 3 is 2.76 bits per heavy atom. The number of nitrogens with one attached hydrogen (secondary N) is 2. The summed E-state index contributed by atoms with van der Waals surface area (Å²) in [6.07, 6.45) is 0. The molecular weight excluding hydrogens is 447 g/mol. The van der Waals surface area contributed by atoms with Gasteiger partial charge < -0.3 is 0 Å². The Labute approximate surface area is 173 Å². The number of aromatic nitrogens is 3. The van der Waals surface area contributed by atoms with E-state index in [1.807, 2.05) is 0 Å². The van der Waals surface area contributed by atoms with Gasteiger partial charge in [0.25, 0.3) is 10.0 Å². The summed E-state index contributed by atoms with van der Waals surface area (Å²) in [7, 11) is -3.88. The summed E-state index contributed by atoms with van der Waals surface area (Å²) in [5.74, 6) is -1.27. The summed E-state index contributed by atoms with van der Waals surface area (Å²) < 4.78 is 45.2. The Balaban J connectivity index is 1.79. The standard InChI is InChI=1S/C15H14ClFN6O4S2/c1-7-15(28-8(2)20-7)29(25,26)19-6-12-13(22-27-21-12)14(18)23(24)9-3-4-11(17)10(16)5-9/h3-5,18-19,24H,6H2,1-2H3. The number of rotatable bonds is 6. The van der Waals surface area contributed by atoms with Crippen molar-refractivity contribution >= 4 is 44.5 Å². The van der Waals surface area contributed by atoms with Gasteiger partial charge in [0.05, 0.1) is 28.0 Å². The minimum Gasteiger partial charge on any atom is -0.282 e. The van der Waals surface area contributed by atoms with Gasteiger partial charge in [-0.15, -0.1) is 11.3 Å². The van der Waals surface area contributed by atoms with Gasteiger partial charge in [0.1, 0.15) is 11.5 Å². The van der Waals surface area contributed by atoms with Crippen LogP contribution in [0.25, 0.3) is 0 Å². The second-order valence-corrected chi connectivity index (χ2v) is 9.32. The van der Waals surface area contributed by atoms with Crippen LogP contribution in [0.2, 0.25) is 5.02 Å². The zero-order valence-corrected chi connectivity index (χ0v) is 17.4. The smallest absolute Gasteiger partial charge is 0.252 e. The monoisotopic (exact) mass is 460 g/mol. The first-order valence-electron chi connectivity index (χ1n) is 7.88. The molecule has 154 valence electrons. The van der Waals surface area contributed by atoms with Crippen molar-refractivity contribution in [1.82, 2.24) is 20.0 Å². The molecule has 0 radical (unpaired) electrons. The highest BCUT2D eigenvalue weighted by Crippen LogP contribution is 2.24. The average Bonchev–Trinajstić information content (AvgIpc) is 3.27. The van der Waals surface area contributed by atoms with Crippen LogP contribution < -0.4 is 9.79 Å². The van der Waals surface area contributed by atoms with Crippen LogP contribution in [0, 0.1) is 25.1 Å². The summed E-state index contributed by atoms with van der Waals surface area (Å²) in [6.45, 7) is 2.92. The van der Waals surface area contributed by atoms with Crippen LogP contribution >= 0.6 is 22.9 Å². The molecule has 3 N–H and O–H groups in total. The first-order chi connectivity index (χ1) is 13.6. The lowest BCUT2D eigenvalue weighted by Gasteiger charge is -2.16. The Morgan fingerprint density at radius 1 is 1.41 bits per heavy atom. The lowest BCUT2D eigenvalue weighted by Crippen LogP contribution is -2.30. The van der Waals surface area contributed by atoms with Crippen molar-refractivity contribution in [3.8, 4) is 0 Å². The highest BCUT2D eigenvalue weighted by molar-refractivity contribution is 7.91. The van der Waals surface area contributed by atoms with E-state index in [1.165, 1.54) is 6.07 Å². The second-order valence-electron chi connectivity index (χ2n) is 5.75. The van der Waals surface area contributed by atoms with E-state index in [-0.39, 0.29) is 32.9 Å². The maximum absolute atomic E-state index is 13.3. The number of hydroxylamine groups is 1. The summed E-state index contributed by atoms with van der Waals surface area (Å²) >= 11 is 6.70. The molecule has 0 aliphatic carbocycles. The summed E-state index contributed by atoms with van der Waals surface area (Å²) in [5, 5.41) is 26.1. The van der Waals surface area contributed by atoms with Crippen LogP contribution in [0.15, 0.2) is 27.0 Å². The van der Waals surface area contributed by atoms with Crippen LogP contribution in [-0.2, 0) is 16.6 Å². The van der Waals surface area contributed by atoms with Gasteiger partial charge in [-0.3, -0.25) is 10.6 Å². The van der Waals surface area contributed by atoms with Crippen molar-refractivity contribution in [2.45, 2.75) is 24.6 Å². The topological polar surface area (TPSA) is 145 Å². The van der Waals surface area contributed by atoms with Crippen LogP contribution in [0.1, 0.15) is 22.1 Å². The Bertz CT molecular complexity index is 1180. The van der Waals surface area contributed by atoms with Gasteiger partial charge in [0, 0.05) is 0 Å². The molecule has 0 saturated carbocycles. The van der Waals surface area contributed by atoms with E-state index in [0.717, 1.165) is 23.5 Å². The third-order valence-corrected chi connectivity index (χ3v) is 7.05. The molecule has 0 aliphatic heterocycles. The summed E-state index contributed by atoms with van der Waals surface area (Å²) in [6, 6.07) is 3.32. The normalized spacial score (nSPS) is 11.6. The van der Waals surface area contributed by atoms with Gasteiger partial charge in [-0.05, 0) is 37.2 Å². The predicted octanol–water partition coefficient (Wildman–Crippen LogP) is 2.64. The summed E-state index contributed by atoms with van der Waals surface area (Å²) in [5.41, 5.74) is 0.102. The number of aryl methyl sites for hydroxylation is 2. The third-order valence-electron chi connectivity index (χ3n) is 3.68. The van der Waals surface area contributed by atoms with Crippen molar-refractivity contribution in [3.05, 3.63) is 51.1 Å². The molecule has 10 nitrogen and oxygen atoms in total. The molecule has 0 atom stereocenters. The molecule has 29 heavy (non-hydrogen) atoms. The molecule has 2 heterocycles. The number of anilines is 1. The molecule has 0 unspecified atom stereocenters. The fourth-order valence-electron chi connectivity index (χ4n) is 2.34. The molecule has 14 heteroatoms. The van der Waals surface area contributed by atoms with E-state index < -0.39 is 21.7 Å². The van der Waals surface area contributed by atoms with Crippen molar-refractivity contribution < 1.29 is 22.6 Å². The van der Waals surface area contributed by atoms with Gasteiger partial charge in [0.2, 0.25) is 0 Å². The largest absolute Gasteiger partial charge is 0.282 e. The fourth-order valence-corrected chi connectivity index (χ4v) is 5.03. The number of hydrogen-bond acceptors (Lipinski definition) is 9. The van der Waals surface area contributed by atoms with Crippen molar-refractivity contribution in [1.29, 1.82) is 5.41 Å². The molecule has 3 rings (SSSR count). The zero-order valence-electron chi connectivity index (χ0n) is 15.0. The molecule has 0 aliphatic rings. The highest BCUT2D eigenvalue weighted by atomic mass is 35.5. The third kappa shape index (κ3) is 4.43. The van der Waals surface area contributed by atoms with Gasteiger partial charge in [-0.1, -0.05) is 16.8 Å². The number of amidine groups is 1. The molecule has 0 spiro atoms. The SMILES string of the molecule is Cc1nc(C)c(S(=O)(=O)NCc2nonc2C(=N)N(O)c2ccc(F)c(Cl)c2)s1. The Morgan fingerprint density at radius 2 is 2.14 bits per heavy atom. The molecule has 0 fully saturated rings. The van der Waals surface area contributed by atoms with E-state index in [1.54, 1.807) is 13.8 Å². The van der Waals surface area contributed by atoms with Crippen LogP contribution in [0.5, 0.6) is 0 Å². The lowest BCUT2D eigenvalue weighted by atomic mass is 10.2. The quantitative estimate of drug-likeness (QED) is 0.289. The van der Waals surface area contributed by atoms with Gasteiger partial charge in [-0.25, -0.2) is 32.2 Å². The number of sulfonamides is 1. The number of halogens is 2. The van der Waals surface area contributed by atoms with Gasteiger partial charge in [0.15, 0.2) is 15.7 Å². The Kier molecular flexibility index (Phi) is 5.95. The maximum atomic E-state index is 13.3. The predicted molar refractivity (Wildman–Crippen MR) is 102 cm³/mol. The first kappa shape index (κ1) is 21.3. The minimum atomic E-state index is -3.88. The van der Waals surface area contributed by atoms with Crippen molar-refractivity contribution in [2.75, 3.05) is 5.06 Å². The molecule has 0 saturated heterocycles. The maximum Gasteiger partial charge on any atom is 0.252 e. The van der Waals surface area contributed by atoms with E-state index in [4.69, 9.17) is 17.0 Å². The lowest BCUT2D eigenvalue weighted by molar-refractivity contribution is 0.297. The average molecular weight is 461 g/mol. The zero-order chi connectivity index (χ0) is 21.3.